The third kappa shape index (κ3) is 4.05. The second-order valence-electron chi connectivity index (χ2n) is 8.07. The lowest BCUT2D eigenvalue weighted by Gasteiger charge is -2.36. The van der Waals surface area contributed by atoms with Crippen molar-refractivity contribution in [3.05, 3.63) is 70.3 Å². The molecule has 0 unspecified atom stereocenters. The smallest absolute Gasteiger partial charge is 0.260 e. The van der Waals surface area contributed by atoms with Gasteiger partial charge in [0.2, 0.25) is 0 Å². The third-order valence-corrected chi connectivity index (χ3v) is 7.04. The standard InChI is InChI=1S/C25H27N3O2S/c1-26-24(18-19-6-2-3-7-20(19)25(26)29)30-16-5-11-27-12-14-28(15-13-27)22-8-4-9-23-21(22)10-17-31-23/h2-4,6-10,17-18H,5,11-16H2,1H3. The molecule has 1 aliphatic heterocycles. The topological polar surface area (TPSA) is 37.7 Å². The Hall–Kier alpha value is -2.83. The van der Waals surface area contributed by atoms with E-state index in [9.17, 15) is 4.79 Å². The predicted octanol–water partition coefficient (Wildman–Crippen LogP) is 4.34. The molecule has 5 nitrogen and oxygen atoms in total. The number of thiophene rings is 1. The highest BCUT2D eigenvalue weighted by Gasteiger charge is 2.18. The van der Waals surface area contributed by atoms with Crippen LogP contribution in [0, 0.1) is 0 Å². The van der Waals surface area contributed by atoms with Gasteiger partial charge in [0.05, 0.1) is 6.61 Å². The minimum absolute atomic E-state index is 0.00939. The maximum absolute atomic E-state index is 12.5. The minimum Gasteiger partial charge on any atom is -0.479 e. The zero-order valence-electron chi connectivity index (χ0n) is 17.8. The number of anilines is 1. The number of pyridine rings is 1. The number of rotatable bonds is 6. The van der Waals surface area contributed by atoms with Crippen LogP contribution in [0.3, 0.4) is 0 Å². The Balaban J connectivity index is 1.13. The van der Waals surface area contributed by atoms with E-state index in [0.29, 0.717) is 12.5 Å². The van der Waals surface area contributed by atoms with Crippen LogP contribution in [0.5, 0.6) is 5.88 Å². The van der Waals surface area contributed by atoms with Crippen LogP contribution in [-0.4, -0.2) is 48.8 Å². The van der Waals surface area contributed by atoms with E-state index in [1.54, 1.807) is 11.6 Å². The first-order chi connectivity index (χ1) is 15.2. The van der Waals surface area contributed by atoms with Crippen LogP contribution in [0.1, 0.15) is 6.42 Å². The van der Waals surface area contributed by atoms with Gasteiger partial charge in [-0.25, -0.2) is 0 Å². The number of fused-ring (bicyclic) bond motifs is 2. The molecule has 0 saturated carbocycles. The third-order valence-electron chi connectivity index (χ3n) is 6.16. The summed E-state index contributed by atoms with van der Waals surface area (Å²) < 4.78 is 8.94. The van der Waals surface area contributed by atoms with Crippen molar-refractivity contribution in [3.63, 3.8) is 0 Å². The van der Waals surface area contributed by atoms with Crippen LogP contribution in [-0.2, 0) is 7.05 Å². The summed E-state index contributed by atoms with van der Waals surface area (Å²) in [5.41, 5.74) is 1.35. The van der Waals surface area contributed by atoms with E-state index in [1.165, 1.54) is 15.8 Å². The average Bonchev–Trinajstić information content (AvgIpc) is 3.29. The van der Waals surface area contributed by atoms with Crippen LogP contribution in [0.25, 0.3) is 20.9 Å². The predicted molar refractivity (Wildman–Crippen MR) is 130 cm³/mol. The first kappa shape index (κ1) is 20.1. The number of piperazine rings is 1. The highest BCUT2D eigenvalue weighted by Crippen LogP contribution is 2.31. The summed E-state index contributed by atoms with van der Waals surface area (Å²) in [6, 6.07) is 18.5. The second-order valence-corrected chi connectivity index (χ2v) is 9.02. The Labute approximate surface area is 186 Å². The largest absolute Gasteiger partial charge is 0.479 e. The Morgan fingerprint density at radius 1 is 0.968 bits per heavy atom. The number of hydrogen-bond acceptors (Lipinski definition) is 5. The van der Waals surface area contributed by atoms with Gasteiger partial charge in [0.15, 0.2) is 5.88 Å². The average molecular weight is 434 g/mol. The molecule has 0 atom stereocenters. The lowest BCUT2D eigenvalue weighted by molar-refractivity contribution is 0.218. The molecule has 0 amide bonds. The maximum atomic E-state index is 12.5. The van der Waals surface area contributed by atoms with Crippen molar-refractivity contribution in [1.29, 1.82) is 0 Å². The molecule has 2 aromatic heterocycles. The summed E-state index contributed by atoms with van der Waals surface area (Å²) in [7, 11) is 1.78. The van der Waals surface area contributed by atoms with Crippen molar-refractivity contribution in [1.82, 2.24) is 9.47 Å². The van der Waals surface area contributed by atoms with Crippen molar-refractivity contribution in [2.75, 3.05) is 44.2 Å². The quantitative estimate of drug-likeness (QED) is 0.424. The van der Waals surface area contributed by atoms with Gasteiger partial charge in [-0.2, -0.15) is 0 Å². The van der Waals surface area contributed by atoms with E-state index < -0.39 is 0 Å². The van der Waals surface area contributed by atoms with Crippen molar-refractivity contribution >= 4 is 37.9 Å². The molecule has 0 aliphatic carbocycles. The number of ether oxygens (including phenoxy) is 1. The normalized spacial score (nSPS) is 15.1. The molecule has 0 N–H and O–H groups in total. The van der Waals surface area contributed by atoms with E-state index in [0.717, 1.165) is 49.9 Å². The molecule has 1 fully saturated rings. The molecule has 31 heavy (non-hydrogen) atoms. The molecule has 5 rings (SSSR count). The van der Waals surface area contributed by atoms with E-state index in [1.807, 2.05) is 41.7 Å². The van der Waals surface area contributed by atoms with E-state index in [4.69, 9.17) is 4.74 Å². The zero-order valence-corrected chi connectivity index (χ0v) is 18.6. The number of hydrogen-bond donors (Lipinski definition) is 0. The molecule has 6 heteroatoms. The molecule has 3 heterocycles. The van der Waals surface area contributed by atoms with Crippen LogP contribution < -0.4 is 15.2 Å². The fourth-order valence-electron chi connectivity index (χ4n) is 4.40. The monoisotopic (exact) mass is 433 g/mol. The molecular formula is C25H27N3O2S. The number of benzene rings is 2. The molecule has 2 aromatic carbocycles. The van der Waals surface area contributed by atoms with Crippen LogP contribution >= 0.6 is 11.3 Å². The molecule has 1 aliphatic rings. The van der Waals surface area contributed by atoms with Gasteiger partial charge in [-0.15, -0.1) is 11.3 Å². The summed E-state index contributed by atoms with van der Waals surface area (Å²) >= 11 is 1.81. The number of nitrogens with zero attached hydrogens (tertiary/aromatic N) is 3. The van der Waals surface area contributed by atoms with E-state index in [2.05, 4.69) is 39.4 Å². The van der Waals surface area contributed by atoms with Gasteiger partial charge in [-0.1, -0.05) is 24.3 Å². The van der Waals surface area contributed by atoms with Crippen LogP contribution in [0.15, 0.2) is 64.8 Å². The maximum Gasteiger partial charge on any atom is 0.260 e. The van der Waals surface area contributed by atoms with Crippen molar-refractivity contribution < 1.29 is 4.74 Å². The fraction of sp³-hybridized carbons (Fsp3) is 0.320. The van der Waals surface area contributed by atoms with E-state index >= 15 is 0 Å². The highest BCUT2D eigenvalue weighted by atomic mass is 32.1. The Morgan fingerprint density at radius 3 is 2.68 bits per heavy atom. The van der Waals surface area contributed by atoms with Gasteiger partial charge in [0.1, 0.15) is 0 Å². The van der Waals surface area contributed by atoms with Gasteiger partial charge in [-0.05, 0) is 41.5 Å². The first-order valence-electron chi connectivity index (χ1n) is 10.9. The van der Waals surface area contributed by atoms with Crippen LogP contribution in [0.2, 0.25) is 0 Å². The minimum atomic E-state index is -0.00939. The van der Waals surface area contributed by atoms with Gasteiger partial charge in [-0.3, -0.25) is 14.3 Å². The molecule has 0 spiro atoms. The summed E-state index contributed by atoms with van der Waals surface area (Å²) in [6.45, 7) is 5.85. The van der Waals surface area contributed by atoms with Gasteiger partial charge >= 0.3 is 0 Å². The van der Waals surface area contributed by atoms with Crippen LogP contribution in [0.4, 0.5) is 5.69 Å². The molecule has 1 saturated heterocycles. The Morgan fingerprint density at radius 2 is 1.81 bits per heavy atom. The van der Waals surface area contributed by atoms with E-state index in [-0.39, 0.29) is 5.56 Å². The van der Waals surface area contributed by atoms with Gasteiger partial charge in [0.25, 0.3) is 5.56 Å². The lowest BCUT2D eigenvalue weighted by Crippen LogP contribution is -2.46. The second kappa shape index (κ2) is 8.73. The molecule has 160 valence electrons. The summed E-state index contributed by atoms with van der Waals surface area (Å²) in [5, 5.41) is 5.21. The molecule has 0 radical (unpaired) electrons. The van der Waals surface area contributed by atoms with Gasteiger partial charge < -0.3 is 9.64 Å². The molecule has 4 aromatic rings. The van der Waals surface area contributed by atoms with Gasteiger partial charge in [0, 0.05) is 67.0 Å². The number of aromatic nitrogens is 1. The zero-order chi connectivity index (χ0) is 21.2. The highest BCUT2D eigenvalue weighted by molar-refractivity contribution is 7.17. The summed E-state index contributed by atoms with van der Waals surface area (Å²) in [5.74, 6) is 0.636. The lowest BCUT2D eigenvalue weighted by atomic mass is 10.2. The van der Waals surface area contributed by atoms with Crippen molar-refractivity contribution in [3.8, 4) is 5.88 Å². The molecule has 0 bridgehead atoms. The fourth-order valence-corrected chi connectivity index (χ4v) is 5.21. The van der Waals surface area contributed by atoms with Crippen molar-refractivity contribution in [2.45, 2.75) is 6.42 Å². The Bertz CT molecular complexity index is 1250. The first-order valence-corrected chi connectivity index (χ1v) is 11.7. The molecular weight excluding hydrogens is 406 g/mol. The summed E-state index contributed by atoms with van der Waals surface area (Å²) in [4.78, 5) is 17.5. The van der Waals surface area contributed by atoms with Crippen molar-refractivity contribution in [2.24, 2.45) is 7.05 Å². The SMILES string of the molecule is Cn1c(OCCCN2CCN(c3cccc4sccc34)CC2)cc2ccccc2c1=O. The summed E-state index contributed by atoms with van der Waals surface area (Å²) in [6.07, 6.45) is 0.946. The Kier molecular flexibility index (Phi) is 5.66.